The highest BCUT2D eigenvalue weighted by molar-refractivity contribution is 5.45. The molecule has 1 fully saturated rings. The highest BCUT2D eigenvalue weighted by Crippen LogP contribution is 2.23. The smallest absolute Gasteiger partial charge is 0.0957 e. The van der Waals surface area contributed by atoms with Gasteiger partial charge in [0.2, 0.25) is 0 Å². The minimum Gasteiger partial charge on any atom is -0.387 e. The van der Waals surface area contributed by atoms with Gasteiger partial charge in [0.25, 0.3) is 0 Å². The normalized spacial score (nSPS) is 19.4. The zero-order valence-electron chi connectivity index (χ0n) is 10.8. The van der Waals surface area contributed by atoms with Crippen LogP contribution >= 0.6 is 0 Å². The molecule has 1 aliphatic rings. The Labute approximate surface area is 103 Å². The molecule has 0 spiro atoms. The summed E-state index contributed by atoms with van der Waals surface area (Å²) in [4.78, 5) is 6.74. The Morgan fingerprint density at radius 1 is 1.41 bits per heavy atom. The van der Waals surface area contributed by atoms with E-state index in [4.69, 9.17) is 0 Å². The van der Waals surface area contributed by atoms with Crippen molar-refractivity contribution >= 4 is 5.69 Å². The second-order valence-electron chi connectivity index (χ2n) is 5.03. The van der Waals surface area contributed by atoms with Crippen molar-refractivity contribution in [2.75, 3.05) is 18.0 Å². The summed E-state index contributed by atoms with van der Waals surface area (Å²) in [5, 5.41) is 9.69. The Morgan fingerprint density at radius 2 is 2.12 bits per heavy atom. The van der Waals surface area contributed by atoms with Gasteiger partial charge in [0.15, 0.2) is 0 Å². The number of aliphatic hydroxyl groups excluding tert-OH is 1. The Morgan fingerprint density at radius 3 is 2.65 bits per heavy atom. The van der Waals surface area contributed by atoms with Crippen LogP contribution in [-0.2, 0) is 0 Å². The van der Waals surface area contributed by atoms with Gasteiger partial charge in [0, 0.05) is 13.1 Å². The van der Waals surface area contributed by atoms with E-state index in [2.05, 4.69) is 22.9 Å². The average Bonchev–Trinajstić information content (AvgIpc) is 2.39. The molecule has 1 N–H and O–H groups in total. The fourth-order valence-corrected chi connectivity index (χ4v) is 2.26. The summed E-state index contributed by atoms with van der Waals surface area (Å²) in [6, 6.07) is 4.03. The molecule has 0 saturated carbocycles. The zero-order valence-corrected chi connectivity index (χ0v) is 10.8. The fourth-order valence-electron chi connectivity index (χ4n) is 2.26. The summed E-state index contributed by atoms with van der Waals surface area (Å²) in [7, 11) is 0. The number of anilines is 1. The lowest BCUT2D eigenvalue weighted by atomic mass is 9.99. The molecule has 1 aromatic rings. The van der Waals surface area contributed by atoms with E-state index in [1.807, 2.05) is 19.2 Å². The number of hydrogen-bond acceptors (Lipinski definition) is 3. The van der Waals surface area contributed by atoms with E-state index >= 15 is 0 Å². The van der Waals surface area contributed by atoms with E-state index in [1.54, 1.807) is 0 Å². The van der Waals surface area contributed by atoms with Gasteiger partial charge < -0.3 is 10.0 Å². The quantitative estimate of drug-likeness (QED) is 0.873. The van der Waals surface area contributed by atoms with Gasteiger partial charge in [-0.15, -0.1) is 0 Å². The van der Waals surface area contributed by atoms with Gasteiger partial charge in [-0.1, -0.05) is 13.8 Å². The maximum atomic E-state index is 9.69. The minimum absolute atomic E-state index is 0.426. The van der Waals surface area contributed by atoms with Crippen LogP contribution in [0.3, 0.4) is 0 Å². The van der Waals surface area contributed by atoms with Crippen molar-refractivity contribution in [3.8, 4) is 0 Å². The first-order chi connectivity index (χ1) is 8.20. The predicted octanol–water partition coefficient (Wildman–Crippen LogP) is 2.76. The molecule has 0 amide bonds. The minimum atomic E-state index is -0.426. The van der Waals surface area contributed by atoms with Gasteiger partial charge in [-0.3, -0.25) is 4.98 Å². The van der Waals surface area contributed by atoms with E-state index in [0.717, 1.165) is 24.7 Å². The number of hydrogen-bond donors (Lipinski definition) is 1. The van der Waals surface area contributed by atoms with Crippen LogP contribution in [0.15, 0.2) is 18.3 Å². The van der Waals surface area contributed by atoms with Crippen molar-refractivity contribution in [2.24, 2.45) is 5.92 Å². The summed E-state index contributed by atoms with van der Waals surface area (Å²) in [6.07, 6.45) is 4.71. The van der Waals surface area contributed by atoms with Crippen molar-refractivity contribution in [3.05, 3.63) is 24.0 Å². The second-order valence-corrected chi connectivity index (χ2v) is 5.03. The first-order valence-electron chi connectivity index (χ1n) is 6.59. The number of piperidine rings is 1. The van der Waals surface area contributed by atoms with Gasteiger partial charge in [-0.05, 0) is 37.3 Å². The molecular weight excluding hydrogens is 212 g/mol. The molecule has 17 heavy (non-hydrogen) atoms. The van der Waals surface area contributed by atoms with Gasteiger partial charge in [0.1, 0.15) is 0 Å². The summed E-state index contributed by atoms with van der Waals surface area (Å²) in [6.45, 7) is 6.53. The molecule has 1 aliphatic heterocycles. The van der Waals surface area contributed by atoms with Crippen LogP contribution in [-0.4, -0.2) is 23.2 Å². The lowest BCUT2D eigenvalue weighted by molar-refractivity contribution is 0.169. The zero-order chi connectivity index (χ0) is 12.3. The largest absolute Gasteiger partial charge is 0.387 e. The molecule has 2 heterocycles. The molecule has 0 unspecified atom stereocenters. The Bertz CT molecular complexity index is 342. The molecule has 1 saturated heterocycles. The molecule has 0 aromatic carbocycles. The van der Waals surface area contributed by atoms with E-state index in [9.17, 15) is 5.11 Å². The SMILES string of the molecule is CC[C@H](O)c1ccc(N2CCC(C)CC2)cn1. The first kappa shape index (κ1) is 12.4. The Kier molecular flexibility index (Phi) is 4.00. The van der Waals surface area contributed by atoms with E-state index in [1.165, 1.54) is 18.5 Å². The van der Waals surface area contributed by atoms with Gasteiger partial charge in [0.05, 0.1) is 23.7 Å². The average molecular weight is 234 g/mol. The van der Waals surface area contributed by atoms with Gasteiger partial charge in [-0.2, -0.15) is 0 Å². The van der Waals surface area contributed by atoms with Crippen molar-refractivity contribution in [1.82, 2.24) is 4.98 Å². The standard InChI is InChI=1S/C14H22N2O/c1-3-14(17)13-5-4-12(10-15-13)16-8-6-11(2)7-9-16/h4-5,10-11,14,17H,3,6-9H2,1-2H3/t14-/m0/s1. The summed E-state index contributed by atoms with van der Waals surface area (Å²) < 4.78 is 0. The predicted molar refractivity (Wildman–Crippen MR) is 70.1 cm³/mol. The van der Waals surface area contributed by atoms with Gasteiger partial charge in [-0.25, -0.2) is 0 Å². The fraction of sp³-hybridized carbons (Fsp3) is 0.643. The van der Waals surface area contributed by atoms with Gasteiger partial charge >= 0.3 is 0 Å². The molecule has 0 radical (unpaired) electrons. The van der Waals surface area contributed by atoms with Crippen molar-refractivity contribution in [2.45, 2.75) is 39.2 Å². The lowest BCUT2D eigenvalue weighted by Crippen LogP contribution is -2.32. The van der Waals surface area contributed by atoms with Crippen molar-refractivity contribution < 1.29 is 5.11 Å². The molecule has 0 aliphatic carbocycles. The third kappa shape index (κ3) is 2.97. The third-order valence-corrected chi connectivity index (χ3v) is 3.65. The van der Waals surface area contributed by atoms with Crippen LogP contribution in [0.4, 0.5) is 5.69 Å². The van der Waals surface area contributed by atoms with Crippen LogP contribution < -0.4 is 4.90 Å². The number of rotatable bonds is 3. The molecule has 94 valence electrons. The highest BCUT2D eigenvalue weighted by Gasteiger charge is 2.16. The molecule has 0 bridgehead atoms. The van der Waals surface area contributed by atoms with Crippen LogP contribution in [0.2, 0.25) is 0 Å². The molecule has 1 atom stereocenters. The highest BCUT2D eigenvalue weighted by atomic mass is 16.3. The second kappa shape index (κ2) is 5.50. The number of aliphatic hydroxyl groups is 1. The monoisotopic (exact) mass is 234 g/mol. The molecule has 2 rings (SSSR count). The number of nitrogens with zero attached hydrogens (tertiary/aromatic N) is 2. The molecule has 3 heteroatoms. The van der Waals surface area contributed by atoms with Crippen molar-refractivity contribution in [3.63, 3.8) is 0 Å². The van der Waals surface area contributed by atoms with E-state index in [0.29, 0.717) is 6.42 Å². The molecule has 1 aromatic heterocycles. The topological polar surface area (TPSA) is 36.4 Å². The lowest BCUT2D eigenvalue weighted by Gasteiger charge is -2.32. The maximum absolute atomic E-state index is 9.69. The summed E-state index contributed by atoms with van der Waals surface area (Å²) >= 11 is 0. The summed E-state index contributed by atoms with van der Waals surface area (Å²) in [5.74, 6) is 0.848. The van der Waals surface area contributed by atoms with Crippen LogP contribution in [0.5, 0.6) is 0 Å². The number of aromatic nitrogens is 1. The Hall–Kier alpha value is -1.09. The van der Waals surface area contributed by atoms with Crippen LogP contribution in [0.1, 0.15) is 44.9 Å². The number of pyridine rings is 1. The van der Waals surface area contributed by atoms with E-state index < -0.39 is 6.10 Å². The molecule has 3 nitrogen and oxygen atoms in total. The maximum Gasteiger partial charge on any atom is 0.0957 e. The first-order valence-corrected chi connectivity index (χ1v) is 6.59. The Balaban J connectivity index is 2.02. The van der Waals surface area contributed by atoms with Crippen molar-refractivity contribution in [1.29, 1.82) is 0 Å². The molecular formula is C14H22N2O. The van der Waals surface area contributed by atoms with E-state index in [-0.39, 0.29) is 0 Å². The summed E-state index contributed by atoms with van der Waals surface area (Å²) in [5.41, 5.74) is 1.96. The van der Waals surface area contributed by atoms with Crippen LogP contribution in [0.25, 0.3) is 0 Å². The third-order valence-electron chi connectivity index (χ3n) is 3.65. The van der Waals surface area contributed by atoms with Crippen LogP contribution in [0, 0.1) is 5.92 Å².